The molecule has 1 saturated heterocycles. The molecule has 34 heavy (non-hydrogen) atoms. The molecule has 196 valence electrons. The monoisotopic (exact) mass is 490 g/mol. The summed E-state index contributed by atoms with van der Waals surface area (Å²) in [6.45, 7) is 10.00. The first-order valence-corrected chi connectivity index (χ1v) is 15.2. The molecule has 0 unspecified atom stereocenters. The molecular weight excluding hydrogens is 436 g/mol. The van der Waals surface area contributed by atoms with Crippen molar-refractivity contribution in [1.29, 1.82) is 0 Å². The maximum absolute atomic E-state index is 3.94. The Morgan fingerprint density at radius 2 is 1.06 bits per heavy atom. The van der Waals surface area contributed by atoms with Gasteiger partial charge in [0.2, 0.25) is 0 Å². The van der Waals surface area contributed by atoms with Gasteiger partial charge in [-0.2, -0.15) is 16.4 Å². The second kappa shape index (κ2) is 23.5. The number of nitrogens with one attached hydrogen (secondary N) is 1. The summed E-state index contributed by atoms with van der Waals surface area (Å²) >= 11 is 1.71. The van der Waals surface area contributed by atoms with Crippen LogP contribution in [0.2, 0.25) is 0 Å². The summed E-state index contributed by atoms with van der Waals surface area (Å²) in [5.74, 6) is 1.68. The van der Waals surface area contributed by atoms with Crippen molar-refractivity contribution in [2.45, 2.75) is 130 Å². The molecule has 1 aliphatic rings. The average molecular weight is 491 g/mol. The van der Waals surface area contributed by atoms with Crippen molar-refractivity contribution in [3.05, 3.63) is 34.5 Å². The molecule has 0 saturated carbocycles. The molecule has 0 atom stereocenters. The lowest BCUT2D eigenvalue weighted by Gasteiger charge is -2.20. The van der Waals surface area contributed by atoms with Crippen molar-refractivity contribution >= 4 is 11.3 Å². The van der Waals surface area contributed by atoms with Crippen LogP contribution in [-0.4, -0.2) is 39.7 Å². The normalized spacial score (nSPS) is 18.6. The van der Waals surface area contributed by atoms with Gasteiger partial charge in [-0.15, -0.1) is 0 Å². The second-order valence-corrected chi connectivity index (χ2v) is 10.5. The summed E-state index contributed by atoms with van der Waals surface area (Å²) < 4.78 is 0. The van der Waals surface area contributed by atoms with Crippen LogP contribution >= 0.6 is 11.3 Å². The number of thiophene rings is 1. The Morgan fingerprint density at radius 1 is 0.676 bits per heavy atom. The molecule has 3 rings (SSSR count). The van der Waals surface area contributed by atoms with E-state index in [1.54, 1.807) is 11.3 Å². The van der Waals surface area contributed by atoms with Crippen LogP contribution in [-0.2, 0) is 0 Å². The van der Waals surface area contributed by atoms with Gasteiger partial charge in [-0.05, 0) is 57.1 Å². The van der Waals surface area contributed by atoms with E-state index in [1.165, 1.54) is 129 Å². The number of hydrogen-bond acceptors (Lipinski definition) is 4. The van der Waals surface area contributed by atoms with Crippen LogP contribution in [0.5, 0.6) is 0 Å². The summed E-state index contributed by atoms with van der Waals surface area (Å²) in [7, 11) is 0. The largest absolute Gasteiger partial charge is 0.304 e. The van der Waals surface area contributed by atoms with Gasteiger partial charge >= 0.3 is 0 Å². The van der Waals surface area contributed by atoms with Crippen LogP contribution in [0.4, 0.5) is 0 Å². The molecule has 2 aromatic heterocycles. The first-order chi connectivity index (χ1) is 16.7. The molecule has 0 bridgehead atoms. The van der Waals surface area contributed by atoms with Crippen LogP contribution in [0.1, 0.15) is 128 Å². The number of aromatic nitrogens is 3. The average Bonchev–Trinajstić information content (AvgIpc) is 3.54. The lowest BCUT2D eigenvalue weighted by Crippen LogP contribution is -2.25. The maximum atomic E-state index is 3.94. The van der Waals surface area contributed by atoms with Crippen molar-refractivity contribution in [2.24, 2.45) is 0 Å². The van der Waals surface area contributed by atoms with E-state index in [1.807, 2.05) is 36.7 Å². The molecule has 3 heterocycles. The highest BCUT2D eigenvalue weighted by Gasteiger charge is 2.02. The Kier molecular flexibility index (Phi) is 21.3. The summed E-state index contributed by atoms with van der Waals surface area (Å²) in [6, 6.07) is 4.04. The Balaban J connectivity index is 0.000000385. The molecule has 1 aliphatic heterocycles. The smallest absolute Gasteiger partial charge is 0.147 e. The summed E-state index contributed by atoms with van der Waals surface area (Å²) in [5, 5.41) is 10.6. The molecule has 0 aromatic carbocycles. The third-order valence-corrected chi connectivity index (χ3v) is 7.16. The van der Waals surface area contributed by atoms with Crippen LogP contribution in [0, 0.1) is 13.8 Å². The Bertz CT molecular complexity index is 572. The Labute approximate surface area is 215 Å². The fourth-order valence-electron chi connectivity index (χ4n) is 4.43. The number of nitrogens with zero attached hydrogens (tertiary/aromatic N) is 3. The van der Waals surface area contributed by atoms with E-state index >= 15 is 0 Å². The molecule has 0 aliphatic carbocycles. The van der Waals surface area contributed by atoms with E-state index < -0.39 is 0 Å². The van der Waals surface area contributed by atoms with Crippen molar-refractivity contribution in [3.8, 4) is 0 Å². The summed E-state index contributed by atoms with van der Waals surface area (Å²) in [6.07, 6.45) is 25.1. The quantitative estimate of drug-likeness (QED) is 0.433. The van der Waals surface area contributed by atoms with Crippen molar-refractivity contribution in [1.82, 2.24) is 20.1 Å². The minimum Gasteiger partial charge on any atom is -0.304 e. The van der Waals surface area contributed by atoms with Crippen LogP contribution in [0.15, 0.2) is 22.9 Å². The van der Waals surface area contributed by atoms with E-state index in [0.717, 1.165) is 11.6 Å². The van der Waals surface area contributed by atoms with Gasteiger partial charge < -0.3 is 4.90 Å². The predicted octanol–water partition coefficient (Wildman–Crippen LogP) is 9.12. The molecular formula is C29H54N4S. The van der Waals surface area contributed by atoms with E-state index in [9.17, 15) is 0 Å². The van der Waals surface area contributed by atoms with E-state index in [4.69, 9.17) is 0 Å². The van der Waals surface area contributed by atoms with Gasteiger partial charge in [-0.1, -0.05) is 115 Å². The third-order valence-electron chi connectivity index (χ3n) is 6.53. The Morgan fingerprint density at radius 3 is 1.26 bits per heavy atom. The zero-order chi connectivity index (χ0) is 24.5. The first-order valence-electron chi connectivity index (χ1n) is 14.3. The molecule has 4 nitrogen and oxygen atoms in total. The molecule has 0 amide bonds. The SMILES string of the molecule is CCN1CCCCCCCCCCCCCCCCCCC1.Cc1n[nH]c(C)n1.c1ccsc1. The zero-order valence-corrected chi connectivity index (χ0v) is 23.5. The standard InChI is InChI=1S/C21H43N.C4H7N3.C4H4S/c1-2-22-20-18-16-14-12-10-8-6-4-3-5-7-9-11-13-15-17-19-21-22;1-3-5-4(2)7-6-3;1-2-4-5-3-1/h2-21H2,1H3;1-2H3,(H,5,6,7);1-4H. The van der Waals surface area contributed by atoms with Gasteiger partial charge in [0.15, 0.2) is 0 Å². The minimum atomic E-state index is 0.803. The summed E-state index contributed by atoms with van der Waals surface area (Å²) in [4.78, 5) is 6.62. The van der Waals surface area contributed by atoms with Crippen LogP contribution in [0.3, 0.4) is 0 Å². The van der Waals surface area contributed by atoms with Crippen LogP contribution < -0.4 is 0 Å². The topological polar surface area (TPSA) is 44.8 Å². The van der Waals surface area contributed by atoms with Gasteiger partial charge in [-0.3, -0.25) is 5.10 Å². The molecule has 2 aromatic rings. The lowest BCUT2D eigenvalue weighted by molar-refractivity contribution is 0.273. The highest BCUT2D eigenvalue weighted by molar-refractivity contribution is 7.07. The fourth-order valence-corrected chi connectivity index (χ4v) is 4.89. The van der Waals surface area contributed by atoms with Gasteiger partial charge in [0.25, 0.3) is 0 Å². The van der Waals surface area contributed by atoms with E-state index in [0.29, 0.717) is 0 Å². The number of aromatic amines is 1. The third kappa shape index (κ3) is 20.2. The molecule has 1 N–H and O–H groups in total. The Hall–Kier alpha value is -1.20. The minimum absolute atomic E-state index is 0.803. The molecule has 0 spiro atoms. The number of H-pyrrole nitrogens is 1. The van der Waals surface area contributed by atoms with Gasteiger partial charge in [0.05, 0.1) is 0 Å². The van der Waals surface area contributed by atoms with Crippen LogP contribution in [0.25, 0.3) is 0 Å². The summed E-state index contributed by atoms with van der Waals surface area (Å²) in [5.41, 5.74) is 0. The van der Waals surface area contributed by atoms with Gasteiger partial charge in [0.1, 0.15) is 11.6 Å². The number of hydrogen-bond donors (Lipinski definition) is 1. The highest BCUT2D eigenvalue weighted by Crippen LogP contribution is 2.15. The van der Waals surface area contributed by atoms with Crippen molar-refractivity contribution < 1.29 is 0 Å². The molecule has 0 radical (unpaired) electrons. The number of aryl methyl sites for hydroxylation is 2. The second-order valence-electron chi connectivity index (χ2n) is 9.71. The van der Waals surface area contributed by atoms with E-state index in [-0.39, 0.29) is 0 Å². The van der Waals surface area contributed by atoms with Gasteiger partial charge in [0, 0.05) is 0 Å². The first kappa shape index (κ1) is 30.8. The molecule has 1 fully saturated rings. The van der Waals surface area contributed by atoms with E-state index in [2.05, 4.69) is 27.0 Å². The number of rotatable bonds is 1. The zero-order valence-electron chi connectivity index (χ0n) is 22.7. The lowest BCUT2D eigenvalue weighted by atomic mass is 10.0. The van der Waals surface area contributed by atoms with Crippen molar-refractivity contribution in [2.75, 3.05) is 19.6 Å². The predicted molar refractivity (Wildman–Crippen MR) is 151 cm³/mol. The maximum Gasteiger partial charge on any atom is 0.147 e. The fraction of sp³-hybridized carbons (Fsp3) is 0.793. The molecule has 5 heteroatoms. The highest BCUT2D eigenvalue weighted by atomic mass is 32.1. The van der Waals surface area contributed by atoms with Gasteiger partial charge in [-0.25, -0.2) is 4.98 Å². The van der Waals surface area contributed by atoms with Crippen molar-refractivity contribution in [3.63, 3.8) is 0 Å².